The van der Waals surface area contributed by atoms with Crippen LogP contribution in [-0.4, -0.2) is 67.6 Å². The molecule has 0 radical (unpaired) electrons. The molecule has 0 unspecified atom stereocenters. The lowest BCUT2D eigenvalue weighted by atomic mass is 10.1. The van der Waals surface area contributed by atoms with Gasteiger partial charge >= 0.3 is 5.69 Å². The molecule has 3 heterocycles. The van der Waals surface area contributed by atoms with Crippen molar-refractivity contribution >= 4 is 16.8 Å². The summed E-state index contributed by atoms with van der Waals surface area (Å²) in [4.78, 5) is 42.0. The number of hydrogen-bond donors (Lipinski definition) is 0. The smallest absolute Gasteiger partial charge is 0.338 e. The number of carbonyl (C=O) groups excluding carboxylic acids is 1. The predicted octanol–water partition coefficient (Wildman–Crippen LogP) is 2.84. The fraction of sp³-hybridized carbons (Fsp3) is 0.290. The van der Waals surface area contributed by atoms with E-state index in [2.05, 4.69) is 15.3 Å². The van der Waals surface area contributed by atoms with Crippen LogP contribution in [0, 0.1) is 11.6 Å². The number of Topliss-reactive ketones (excluding diaryl/α,β-unsaturated/α-hetero) is 1. The molecule has 5 aromatic rings. The van der Waals surface area contributed by atoms with Crippen molar-refractivity contribution in [3.63, 3.8) is 0 Å². The van der Waals surface area contributed by atoms with E-state index >= 15 is 0 Å². The fourth-order valence-corrected chi connectivity index (χ4v) is 4.96. The Bertz CT molecular complexity index is 1930. The van der Waals surface area contributed by atoms with E-state index in [9.17, 15) is 23.2 Å². The summed E-state index contributed by atoms with van der Waals surface area (Å²) < 4.78 is 38.0. The van der Waals surface area contributed by atoms with Crippen LogP contribution in [0.2, 0.25) is 0 Å². The quantitative estimate of drug-likeness (QED) is 0.226. The van der Waals surface area contributed by atoms with Gasteiger partial charge in [-0.25, -0.2) is 22.8 Å². The Morgan fingerprint density at radius 3 is 2.27 bits per heavy atom. The second-order valence-electron chi connectivity index (χ2n) is 10.6. The number of nitrogens with zero attached hydrogens (tertiary/aromatic N) is 7. The predicted molar refractivity (Wildman–Crippen MR) is 159 cm³/mol. The zero-order valence-electron chi connectivity index (χ0n) is 24.8. The number of halogens is 2. The number of fused-ring (bicyclic) bond motifs is 1. The van der Waals surface area contributed by atoms with Crippen molar-refractivity contribution in [3.05, 3.63) is 110 Å². The molecule has 11 nitrogen and oxygen atoms in total. The van der Waals surface area contributed by atoms with E-state index in [0.717, 1.165) is 26.8 Å². The van der Waals surface area contributed by atoms with Gasteiger partial charge in [0, 0.05) is 25.6 Å². The zero-order valence-corrected chi connectivity index (χ0v) is 24.8. The van der Waals surface area contributed by atoms with Gasteiger partial charge in [0.2, 0.25) is 0 Å². The summed E-state index contributed by atoms with van der Waals surface area (Å²) in [6.45, 7) is 1.58. The SMILES string of the molecule is CCc1ccc(-n2c(=O)c3c(CN(C)C)n(-c4ccc(CC(=O)COC)cc4)nc3n(Cc3c(F)cccc3F)c2=O)nn1. The molecule has 0 atom stereocenters. The average Bonchev–Trinajstić information content (AvgIpc) is 3.36. The molecule has 13 heteroatoms. The fourth-order valence-electron chi connectivity index (χ4n) is 4.96. The number of ether oxygens (including phenoxy) is 1. The van der Waals surface area contributed by atoms with Crippen molar-refractivity contribution in [2.45, 2.75) is 32.9 Å². The number of benzene rings is 2. The summed E-state index contributed by atoms with van der Waals surface area (Å²) in [5.74, 6) is -1.81. The lowest BCUT2D eigenvalue weighted by molar-refractivity contribution is -0.121. The molecule has 0 amide bonds. The van der Waals surface area contributed by atoms with Crippen LogP contribution in [0.5, 0.6) is 0 Å². The average molecular weight is 604 g/mol. The molecule has 2 aromatic carbocycles. The molecule has 0 saturated heterocycles. The summed E-state index contributed by atoms with van der Waals surface area (Å²) in [5, 5.41) is 13.0. The number of ketones is 1. The maximum atomic E-state index is 14.8. The van der Waals surface area contributed by atoms with E-state index < -0.39 is 29.4 Å². The number of rotatable bonds is 11. The molecular weight excluding hydrogens is 572 g/mol. The minimum atomic E-state index is -0.878. The molecule has 0 spiro atoms. The van der Waals surface area contributed by atoms with Crippen LogP contribution in [0.3, 0.4) is 0 Å². The van der Waals surface area contributed by atoms with E-state index in [0.29, 0.717) is 23.5 Å². The molecule has 0 aliphatic carbocycles. The van der Waals surface area contributed by atoms with Crippen LogP contribution in [0.1, 0.15) is 29.4 Å². The Balaban J connectivity index is 1.79. The highest BCUT2D eigenvalue weighted by Crippen LogP contribution is 2.23. The van der Waals surface area contributed by atoms with Gasteiger partial charge in [-0.05, 0) is 62.5 Å². The Morgan fingerprint density at radius 2 is 1.68 bits per heavy atom. The van der Waals surface area contributed by atoms with Crippen LogP contribution in [0.4, 0.5) is 8.78 Å². The first-order valence-corrected chi connectivity index (χ1v) is 13.9. The second kappa shape index (κ2) is 12.8. The van der Waals surface area contributed by atoms with E-state index in [1.165, 1.54) is 23.9 Å². The summed E-state index contributed by atoms with van der Waals surface area (Å²) in [5.41, 5.74) is 0.420. The Morgan fingerprint density at radius 1 is 0.977 bits per heavy atom. The zero-order chi connectivity index (χ0) is 31.5. The third kappa shape index (κ3) is 5.96. The lowest BCUT2D eigenvalue weighted by Gasteiger charge is -2.14. The minimum Gasteiger partial charge on any atom is -0.377 e. The molecule has 5 rings (SSSR count). The number of hydrogen-bond acceptors (Lipinski definition) is 8. The molecule has 228 valence electrons. The molecule has 44 heavy (non-hydrogen) atoms. The van der Waals surface area contributed by atoms with Gasteiger partial charge < -0.3 is 9.64 Å². The molecule has 0 aliphatic heterocycles. The van der Waals surface area contributed by atoms with Gasteiger partial charge in [0.15, 0.2) is 17.2 Å². The first-order valence-electron chi connectivity index (χ1n) is 13.9. The summed E-state index contributed by atoms with van der Waals surface area (Å²) in [6, 6.07) is 13.6. The summed E-state index contributed by atoms with van der Waals surface area (Å²) >= 11 is 0. The third-order valence-electron chi connectivity index (χ3n) is 7.09. The Kier molecular flexibility index (Phi) is 8.88. The molecule has 0 bridgehead atoms. The normalized spacial score (nSPS) is 11.5. The highest BCUT2D eigenvalue weighted by atomic mass is 19.1. The molecule has 0 N–H and O–H groups in total. The number of carbonyl (C=O) groups is 1. The van der Waals surface area contributed by atoms with Gasteiger partial charge in [-0.2, -0.15) is 5.10 Å². The molecule has 3 aromatic heterocycles. The number of aromatic nitrogens is 6. The standard InChI is InChI=1S/C31H31F2N7O4/c1-5-20-11-14-27(35-34-20)39-30(42)28-26(17-37(2)3)40(21-12-9-19(10-13-21)15-22(41)18-44-4)36-29(28)38(31(39)43)16-23-24(32)7-6-8-25(23)33/h6-14H,5,15-18H2,1-4H3. The minimum absolute atomic E-state index is 0.00274. The summed E-state index contributed by atoms with van der Waals surface area (Å²) in [7, 11) is 5.08. The van der Waals surface area contributed by atoms with Crippen LogP contribution in [0.15, 0.2) is 64.2 Å². The highest BCUT2D eigenvalue weighted by Gasteiger charge is 2.26. The van der Waals surface area contributed by atoms with Crippen molar-refractivity contribution in [2.75, 3.05) is 27.8 Å². The van der Waals surface area contributed by atoms with Gasteiger partial charge in [0.1, 0.15) is 23.6 Å². The van der Waals surface area contributed by atoms with Crippen LogP contribution in [0.25, 0.3) is 22.5 Å². The number of aryl methyl sites for hydroxylation is 1. The van der Waals surface area contributed by atoms with Crippen LogP contribution >= 0.6 is 0 Å². The highest BCUT2D eigenvalue weighted by molar-refractivity contribution is 5.82. The number of methoxy groups -OCH3 is 1. The summed E-state index contributed by atoms with van der Waals surface area (Å²) in [6.07, 6.45) is 0.771. The molecular formula is C31H31F2N7O4. The van der Waals surface area contributed by atoms with Crippen molar-refractivity contribution in [3.8, 4) is 11.5 Å². The maximum Gasteiger partial charge on any atom is 0.338 e. The Labute approximate surface area is 250 Å². The van der Waals surface area contributed by atoms with E-state index in [4.69, 9.17) is 4.74 Å². The van der Waals surface area contributed by atoms with Gasteiger partial charge in [-0.1, -0.05) is 25.1 Å². The van der Waals surface area contributed by atoms with E-state index in [-0.39, 0.29) is 47.8 Å². The van der Waals surface area contributed by atoms with Crippen molar-refractivity contribution in [1.29, 1.82) is 0 Å². The van der Waals surface area contributed by atoms with Crippen molar-refractivity contribution in [2.24, 2.45) is 0 Å². The lowest BCUT2D eigenvalue weighted by Crippen LogP contribution is -2.40. The first-order chi connectivity index (χ1) is 21.1. The first kappa shape index (κ1) is 30.6. The van der Waals surface area contributed by atoms with Gasteiger partial charge in [-0.3, -0.25) is 14.2 Å². The maximum absolute atomic E-state index is 14.8. The monoisotopic (exact) mass is 603 g/mol. The van der Waals surface area contributed by atoms with Crippen LogP contribution < -0.4 is 11.2 Å². The van der Waals surface area contributed by atoms with Gasteiger partial charge in [0.05, 0.1) is 23.6 Å². The van der Waals surface area contributed by atoms with Crippen molar-refractivity contribution in [1.82, 2.24) is 34.0 Å². The second-order valence-corrected chi connectivity index (χ2v) is 10.6. The van der Waals surface area contributed by atoms with Crippen LogP contribution in [-0.2, 0) is 35.5 Å². The van der Waals surface area contributed by atoms with Crippen molar-refractivity contribution < 1.29 is 18.3 Å². The molecule has 0 aliphatic rings. The third-order valence-corrected chi connectivity index (χ3v) is 7.09. The Hall–Kier alpha value is -4.88. The topological polar surface area (TPSA) is 117 Å². The van der Waals surface area contributed by atoms with E-state index in [1.54, 1.807) is 30.3 Å². The van der Waals surface area contributed by atoms with Gasteiger partial charge in [0.25, 0.3) is 5.56 Å². The largest absolute Gasteiger partial charge is 0.377 e. The van der Waals surface area contributed by atoms with Gasteiger partial charge in [-0.15, -0.1) is 10.2 Å². The molecule has 0 fully saturated rings. The van der Waals surface area contributed by atoms with E-state index in [1.807, 2.05) is 25.9 Å². The molecule has 0 saturated carbocycles.